The molecule has 1 saturated heterocycles. The Bertz CT molecular complexity index is 782. The highest BCUT2D eigenvalue weighted by atomic mass is 79.9. The molecule has 122 valence electrons. The van der Waals surface area contributed by atoms with Crippen molar-refractivity contribution in [3.05, 3.63) is 55.4 Å². The first-order valence-electron chi connectivity index (χ1n) is 7.70. The normalized spacial score (nSPS) is 15.9. The SMILES string of the molecule is Cc1cc(C2CCN(c3cnn(C)c(=O)c3Cl)CC2)ccc1Br. The van der Waals surface area contributed by atoms with Crippen LogP contribution < -0.4 is 10.5 Å². The van der Waals surface area contributed by atoms with Crippen molar-refractivity contribution in [3.8, 4) is 0 Å². The lowest BCUT2D eigenvalue weighted by atomic mass is 9.88. The quantitative estimate of drug-likeness (QED) is 0.773. The fourth-order valence-corrected chi connectivity index (χ4v) is 3.64. The number of hydrogen-bond acceptors (Lipinski definition) is 3. The van der Waals surface area contributed by atoms with Gasteiger partial charge in [-0.15, -0.1) is 0 Å². The number of nitrogens with zero attached hydrogens (tertiary/aromatic N) is 3. The van der Waals surface area contributed by atoms with E-state index in [1.807, 2.05) is 0 Å². The maximum atomic E-state index is 11.9. The van der Waals surface area contributed by atoms with Gasteiger partial charge in [0.05, 0.1) is 11.9 Å². The van der Waals surface area contributed by atoms with Crippen LogP contribution in [0.3, 0.4) is 0 Å². The van der Waals surface area contributed by atoms with E-state index in [0.717, 1.165) is 36.1 Å². The van der Waals surface area contributed by atoms with Gasteiger partial charge in [0.25, 0.3) is 5.56 Å². The van der Waals surface area contributed by atoms with Crippen LogP contribution >= 0.6 is 27.5 Å². The molecule has 1 aliphatic heterocycles. The third-order valence-corrected chi connectivity index (χ3v) is 5.79. The van der Waals surface area contributed by atoms with Gasteiger partial charge in [0.1, 0.15) is 5.02 Å². The largest absolute Gasteiger partial charge is 0.369 e. The molecule has 1 aliphatic rings. The van der Waals surface area contributed by atoms with E-state index in [1.54, 1.807) is 13.2 Å². The number of aryl methyl sites for hydroxylation is 2. The average molecular weight is 397 g/mol. The third-order valence-electron chi connectivity index (χ3n) is 4.55. The van der Waals surface area contributed by atoms with Gasteiger partial charge in [-0.1, -0.05) is 39.7 Å². The van der Waals surface area contributed by atoms with Crippen LogP contribution in [0.15, 0.2) is 33.7 Å². The topological polar surface area (TPSA) is 38.1 Å². The van der Waals surface area contributed by atoms with Gasteiger partial charge in [0, 0.05) is 24.6 Å². The molecule has 0 aliphatic carbocycles. The molecule has 1 fully saturated rings. The predicted molar refractivity (Wildman–Crippen MR) is 97.6 cm³/mol. The molecule has 23 heavy (non-hydrogen) atoms. The Labute approximate surface area is 149 Å². The van der Waals surface area contributed by atoms with Gasteiger partial charge in [-0.2, -0.15) is 5.10 Å². The van der Waals surface area contributed by atoms with Crippen LogP contribution in [0.1, 0.15) is 29.9 Å². The minimum absolute atomic E-state index is 0.241. The number of piperidine rings is 1. The Balaban J connectivity index is 1.75. The number of anilines is 1. The summed E-state index contributed by atoms with van der Waals surface area (Å²) in [5.41, 5.74) is 3.16. The van der Waals surface area contributed by atoms with E-state index >= 15 is 0 Å². The fourth-order valence-electron chi connectivity index (χ4n) is 3.10. The zero-order valence-corrected chi connectivity index (χ0v) is 15.6. The first kappa shape index (κ1) is 16.5. The highest BCUT2D eigenvalue weighted by Gasteiger charge is 2.23. The van der Waals surface area contributed by atoms with Gasteiger partial charge in [0.2, 0.25) is 0 Å². The lowest BCUT2D eigenvalue weighted by Gasteiger charge is -2.34. The van der Waals surface area contributed by atoms with Crippen molar-refractivity contribution in [3.63, 3.8) is 0 Å². The second-order valence-corrected chi connectivity index (χ2v) is 7.27. The maximum absolute atomic E-state index is 11.9. The molecule has 0 N–H and O–H groups in total. The van der Waals surface area contributed by atoms with Crippen LogP contribution in [0.25, 0.3) is 0 Å². The molecule has 1 aromatic heterocycles. The van der Waals surface area contributed by atoms with Crippen LogP contribution in [0.5, 0.6) is 0 Å². The van der Waals surface area contributed by atoms with Gasteiger partial charge in [-0.3, -0.25) is 4.79 Å². The van der Waals surface area contributed by atoms with Crippen molar-refractivity contribution in [1.82, 2.24) is 9.78 Å². The number of hydrogen-bond donors (Lipinski definition) is 0. The molecular weight excluding hydrogens is 378 g/mol. The molecule has 6 heteroatoms. The van der Waals surface area contributed by atoms with Crippen LogP contribution in [-0.4, -0.2) is 22.9 Å². The number of aromatic nitrogens is 2. The lowest BCUT2D eigenvalue weighted by molar-refractivity contribution is 0.504. The van der Waals surface area contributed by atoms with E-state index in [4.69, 9.17) is 11.6 Å². The highest BCUT2D eigenvalue weighted by Crippen LogP contribution is 2.33. The molecule has 0 saturated carbocycles. The van der Waals surface area contributed by atoms with Crippen molar-refractivity contribution < 1.29 is 0 Å². The minimum Gasteiger partial charge on any atom is -0.369 e. The predicted octanol–water partition coefficient (Wildman–Crippen LogP) is 3.89. The van der Waals surface area contributed by atoms with Crippen LogP contribution in [0.2, 0.25) is 5.02 Å². The molecule has 0 bridgehead atoms. The standard InChI is InChI=1S/C17H19BrClN3O/c1-11-9-13(3-4-14(11)18)12-5-7-22(8-6-12)15-10-20-21(2)17(23)16(15)19/h3-4,9-10,12H,5-8H2,1-2H3. The summed E-state index contributed by atoms with van der Waals surface area (Å²) >= 11 is 9.76. The summed E-state index contributed by atoms with van der Waals surface area (Å²) in [7, 11) is 1.61. The summed E-state index contributed by atoms with van der Waals surface area (Å²) in [6, 6.07) is 6.58. The summed E-state index contributed by atoms with van der Waals surface area (Å²) in [5, 5.41) is 4.35. The smallest absolute Gasteiger partial charge is 0.287 e. The summed E-state index contributed by atoms with van der Waals surface area (Å²) in [4.78, 5) is 14.1. The lowest BCUT2D eigenvalue weighted by Crippen LogP contribution is -2.35. The first-order chi connectivity index (χ1) is 11.0. The molecule has 0 radical (unpaired) electrons. The first-order valence-corrected chi connectivity index (χ1v) is 8.87. The van der Waals surface area contributed by atoms with Crippen molar-refractivity contribution in [2.75, 3.05) is 18.0 Å². The van der Waals surface area contributed by atoms with Crippen LogP contribution in [-0.2, 0) is 7.05 Å². The van der Waals surface area contributed by atoms with Gasteiger partial charge < -0.3 is 4.90 Å². The Morgan fingerprint density at radius 2 is 2.00 bits per heavy atom. The Kier molecular flexibility index (Phi) is 4.78. The molecule has 4 nitrogen and oxygen atoms in total. The molecule has 2 aromatic rings. The van der Waals surface area contributed by atoms with Crippen molar-refractivity contribution in [2.45, 2.75) is 25.7 Å². The number of halogens is 2. The van der Waals surface area contributed by atoms with Crippen molar-refractivity contribution in [2.24, 2.45) is 7.05 Å². The molecule has 1 aromatic carbocycles. The number of benzene rings is 1. The van der Waals surface area contributed by atoms with Gasteiger partial charge in [0.15, 0.2) is 0 Å². The monoisotopic (exact) mass is 395 g/mol. The maximum Gasteiger partial charge on any atom is 0.287 e. The van der Waals surface area contributed by atoms with Crippen LogP contribution in [0.4, 0.5) is 5.69 Å². The van der Waals surface area contributed by atoms with E-state index in [-0.39, 0.29) is 10.6 Å². The summed E-state index contributed by atoms with van der Waals surface area (Å²) in [5.74, 6) is 0.552. The Morgan fingerprint density at radius 3 is 2.65 bits per heavy atom. The fraction of sp³-hybridized carbons (Fsp3) is 0.412. The molecule has 2 heterocycles. The zero-order chi connectivity index (χ0) is 16.6. The number of rotatable bonds is 2. The summed E-state index contributed by atoms with van der Waals surface area (Å²) < 4.78 is 2.42. The van der Waals surface area contributed by atoms with E-state index in [2.05, 4.69) is 51.1 Å². The van der Waals surface area contributed by atoms with Gasteiger partial charge in [-0.05, 0) is 42.9 Å². The molecule has 0 unspecified atom stereocenters. The van der Waals surface area contributed by atoms with Gasteiger partial charge in [-0.25, -0.2) is 4.68 Å². The summed E-state index contributed by atoms with van der Waals surface area (Å²) in [6.07, 6.45) is 3.78. The molecule has 0 amide bonds. The van der Waals surface area contributed by atoms with E-state index in [1.165, 1.54) is 15.8 Å². The Morgan fingerprint density at radius 1 is 1.30 bits per heavy atom. The van der Waals surface area contributed by atoms with E-state index < -0.39 is 0 Å². The minimum atomic E-state index is -0.241. The molecule has 3 rings (SSSR count). The second-order valence-electron chi connectivity index (χ2n) is 6.04. The summed E-state index contributed by atoms with van der Waals surface area (Å²) in [6.45, 7) is 3.89. The average Bonchev–Trinajstić information content (AvgIpc) is 2.56. The van der Waals surface area contributed by atoms with Crippen molar-refractivity contribution >= 4 is 33.2 Å². The van der Waals surface area contributed by atoms with Crippen molar-refractivity contribution in [1.29, 1.82) is 0 Å². The molecule has 0 atom stereocenters. The Hall–Kier alpha value is -1.33. The van der Waals surface area contributed by atoms with Gasteiger partial charge >= 0.3 is 0 Å². The van der Waals surface area contributed by atoms with E-state index in [9.17, 15) is 4.79 Å². The highest BCUT2D eigenvalue weighted by molar-refractivity contribution is 9.10. The van der Waals surface area contributed by atoms with E-state index in [0.29, 0.717) is 5.92 Å². The second kappa shape index (κ2) is 6.65. The third kappa shape index (κ3) is 3.31. The molecule has 0 spiro atoms. The molecular formula is C17H19BrClN3O. The zero-order valence-electron chi connectivity index (χ0n) is 13.2. The van der Waals surface area contributed by atoms with Crippen LogP contribution in [0, 0.1) is 6.92 Å².